The maximum Gasteiger partial charge on any atom is 0.472 e. The molecule has 0 aromatic heterocycles. The Morgan fingerprint density at radius 1 is 0.625 bits per heavy atom. The molecule has 0 saturated heterocycles. The molecule has 0 saturated carbocycles. The van der Waals surface area contributed by atoms with Crippen LogP contribution in [0.4, 0.5) is 0 Å². The zero-order valence-electron chi connectivity index (χ0n) is 36.1. The molecule has 0 rings (SSSR count). The molecule has 1 N–H and O–H groups in total. The van der Waals surface area contributed by atoms with Crippen LogP contribution in [0.15, 0.2) is 73.1 Å². The quantitative estimate of drug-likeness (QED) is 0.00956. The van der Waals surface area contributed by atoms with Crippen molar-refractivity contribution in [2.75, 3.05) is 47.5 Å². The second-order valence-electron chi connectivity index (χ2n) is 15.5. The standard InChI is InChI=1S/C46H80NO8P/c1-6-8-10-11-12-13-14-15-16-17-18-22-25-28-31-35-40-52-45(43-55-56(50,51)54-41-39-47(3,4)5)42-53-46(49)38-34-30-27-24-21-19-20-23-26-29-33-37-44(48)36-32-9-7-2/h13-14,19-20,24,26-27,29,33,35,37,40,45H,6-12,15-18,21-23,25,28,30-32,34,36,38-39,41-43H2,1-5H3/p+1/b14-13-,20-19-,27-24-,29-26-,37-33+,40-35+/t45-/m1/s1. The number of likely N-dealkylation sites (N-methyl/N-ethyl adjacent to an activating group) is 1. The monoisotopic (exact) mass is 807 g/mol. The van der Waals surface area contributed by atoms with Gasteiger partial charge in [0, 0.05) is 12.8 Å². The van der Waals surface area contributed by atoms with Crippen molar-refractivity contribution in [2.24, 2.45) is 0 Å². The summed E-state index contributed by atoms with van der Waals surface area (Å²) in [5.41, 5.74) is 0. The Bertz CT molecular complexity index is 1180. The summed E-state index contributed by atoms with van der Waals surface area (Å²) in [5, 5.41) is 0. The molecule has 10 heteroatoms. The highest BCUT2D eigenvalue weighted by molar-refractivity contribution is 7.47. The van der Waals surface area contributed by atoms with Crippen LogP contribution in [-0.2, 0) is 32.7 Å². The van der Waals surface area contributed by atoms with E-state index in [0.29, 0.717) is 23.9 Å². The van der Waals surface area contributed by atoms with E-state index in [1.807, 2.05) is 45.4 Å². The van der Waals surface area contributed by atoms with Crippen LogP contribution in [0.5, 0.6) is 0 Å². The van der Waals surface area contributed by atoms with Crippen molar-refractivity contribution in [1.29, 1.82) is 0 Å². The molecule has 1 unspecified atom stereocenters. The fourth-order valence-electron chi connectivity index (χ4n) is 5.30. The van der Waals surface area contributed by atoms with E-state index < -0.39 is 13.9 Å². The van der Waals surface area contributed by atoms with Gasteiger partial charge in [0.25, 0.3) is 0 Å². The second kappa shape index (κ2) is 38.0. The van der Waals surface area contributed by atoms with Gasteiger partial charge in [-0.05, 0) is 82.8 Å². The van der Waals surface area contributed by atoms with Crippen LogP contribution >= 0.6 is 7.82 Å². The van der Waals surface area contributed by atoms with Gasteiger partial charge in [0.15, 0.2) is 11.9 Å². The number of ketones is 1. The van der Waals surface area contributed by atoms with Gasteiger partial charge in [-0.15, -0.1) is 0 Å². The van der Waals surface area contributed by atoms with Crippen LogP contribution in [0, 0.1) is 0 Å². The molecule has 0 aromatic rings. The Balaban J connectivity index is 4.46. The fourth-order valence-corrected chi connectivity index (χ4v) is 6.04. The largest absolute Gasteiger partial charge is 0.492 e. The van der Waals surface area contributed by atoms with Crippen LogP contribution in [-0.4, -0.2) is 74.7 Å². The van der Waals surface area contributed by atoms with E-state index in [0.717, 1.165) is 57.8 Å². The van der Waals surface area contributed by atoms with E-state index in [-0.39, 0.29) is 38.0 Å². The van der Waals surface area contributed by atoms with Gasteiger partial charge in [0.05, 0.1) is 34.0 Å². The Morgan fingerprint density at radius 3 is 1.84 bits per heavy atom. The Hall–Kier alpha value is -2.55. The number of rotatable bonds is 39. The Kier molecular flexibility index (Phi) is 36.3. The number of phosphoric acid groups is 1. The number of nitrogens with zero attached hydrogens (tertiary/aromatic N) is 1. The van der Waals surface area contributed by atoms with Gasteiger partial charge in [0.2, 0.25) is 0 Å². The fraction of sp³-hybridized carbons (Fsp3) is 0.696. The van der Waals surface area contributed by atoms with Crippen molar-refractivity contribution >= 4 is 19.6 Å². The summed E-state index contributed by atoms with van der Waals surface area (Å²) in [4.78, 5) is 34.4. The minimum atomic E-state index is -4.30. The molecule has 322 valence electrons. The molecule has 0 aliphatic rings. The summed E-state index contributed by atoms with van der Waals surface area (Å²) in [7, 11) is 1.59. The highest BCUT2D eigenvalue weighted by Gasteiger charge is 2.25. The zero-order chi connectivity index (χ0) is 41.4. The number of phosphoric ester groups is 1. The first kappa shape index (κ1) is 53.5. The van der Waals surface area contributed by atoms with Gasteiger partial charge in [-0.25, -0.2) is 4.57 Å². The summed E-state index contributed by atoms with van der Waals surface area (Å²) < 4.78 is 34.6. The van der Waals surface area contributed by atoms with Crippen LogP contribution in [0.2, 0.25) is 0 Å². The number of allylic oxidation sites excluding steroid dienone is 11. The number of quaternary nitrogens is 1. The molecule has 0 aliphatic carbocycles. The molecular weight excluding hydrogens is 725 g/mol. The number of hydrogen-bond acceptors (Lipinski definition) is 7. The van der Waals surface area contributed by atoms with Gasteiger partial charge >= 0.3 is 13.8 Å². The van der Waals surface area contributed by atoms with Crippen LogP contribution in [0.1, 0.15) is 155 Å². The third kappa shape index (κ3) is 41.1. The van der Waals surface area contributed by atoms with Gasteiger partial charge in [0.1, 0.15) is 19.8 Å². The first-order valence-corrected chi connectivity index (χ1v) is 23.2. The summed E-state index contributed by atoms with van der Waals surface area (Å²) >= 11 is 0. The van der Waals surface area contributed by atoms with Gasteiger partial charge in [-0.2, -0.15) is 0 Å². The van der Waals surface area contributed by atoms with E-state index >= 15 is 0 Å². The molecular formula is C46H81NO8P+. The molecule has 0 heterocycles. The predicted octanol–water partition coefficient (Wildman–Crippen LogP) is 12.2. The number of esters is 1. The molecule has 0 aliphatic heterocycles. The highest BCUT2D eigenvalue weighted by atomic mass is 31.2. The molecule has 2 atom stereocenters. The predicted molar refractivity (Wildman–Crippen MR) is 233 cm³/mol. The van der Waals surface area contributed by atoms with Crippen molar-refractivity contribution < 1.29 is 42.1 Å². The van der Waals surface area contributed by atoms with E-state index in [2.05, 4.69) is 50.3 Å². The van der Waals surface area contributed by atoms with E-state index in [1.54, 1.807) is 12.3 Å². The number of carbonyl (C=O) groups is 2. The summed E-state index contributed by atoms with van der Waals surface area (Å²) in [5.74, 6) is -0.177. The number of hydrogen-bond donors (Lipinski definition) is 1. The number of unbranched alkanes of at least 4 members (excludes halogenated alkanes) is 14. The first-order chi connectivity index (χ1) is 27.0. The summed E-state index contributed by atoms with van der Waals surface area (Å²) in [6.07, 6.45) is 45.9. The van der Waals surface area contributed by atoms with E-state index in [1.165, 1.54) is 64.2 Å². The van der Waals surface area contributed by atoms with Gasteiger partial charge in [-0.1, -0.05) is 126 Å². The molecule has 0 aromatic carbocycles. The van der Waals surface area contributed by atoms with Crippen molar-refractivity contribution in [3.8, 4) is 0 Å². The van der Waals surface area contributed by atoms with Crippen molar-refractivity contribution in [3.05, 3.63) is 73.1 Å². The van der Waals surface area contributed by atoms with E-state index in [4.69, 9.17) is 18.5 Å². The van der Waals surface area contributed by atoms with Crippen molar-refractivity contribution in [3.63, 3.8) is 0 Å². The zero-order valence-corrected chi connectivity index (χ0v) is 37.0. The number of ether oxygens (including phenoxy) is 2. The average molecular weight is 807 g/mol. The molecule has 0 fully saturated rings. The molecule has 9 nitrogen and oxygen atoms in total. The van der Waals surface area contributed by atoms with E-state index in [9.17, 15) is 19.0 Å². The molecule has 0 radical (unpaired) electrons. The lowest BCUT2D eigenvalue weighted by Gasteiger charge is -2.24. The van der Waals surface area contributed by atoms with Crippen LogP contribution in [0.25, 0.3) is 0 Å². The summed E-state index contributed by atoms with van der Waals surface area (Å²) in [6, 6.07) is 0. The molecule has 0 spiro atoms. The van der Waals surface area contributed by atoms with Crippen LogP contribution < -0.4 is 0 Å². The van der Waals surface area contributed by atoms with Gasteiger partial charge < -0.3 is 18.9 Å². The second-order valence-corrected chi connectivity index (χ2v) is 16.9. The lowest BCUT2D eigenvalue weighted by atomic mass is 10.1. The highest BCUT2D eigenvalue weighted by Crippen LogP contribution is 2.43. The SMILES string of the molecule is CCCCCC/C=C\CCCCCCCC/C=C/O[C@H](COC(=O)CCC/C=C\C/C=C\C/C=C\C=C\C(=O)CCCCC)COP(=O)(O)OCC[N+](C)(C)C. The lowest BCUT2D eigenvalue weighted by Crippen LogP contribution is -2.37. The van der Waals surface area contributed by atoms with Crippen molar-refractivity contribution in [1.82, 2.24) is 0 Å². The lowest BCUT2D eigenvalue weighted by molar-refractivity contribution is -0.870. The molecule has 56 heavy (non-hydrogen) atoms. The smallest absolute Gasteiger partial charge is 0.472 e. The Morgan fingerprint density at radius 2 is 1.18 bits per heavy atom. The molecule has 0 bridgehead atoms. The minimum absolute atomic E-state index is 0.0667. The third-order valence-electron chi connectivity index (χ3n) is 8.81. The maximum absolute atomic E-state index is 12.5. The number of carbonyl (C=O) groups excluding carboxylic acids is 2. The normalized spacial score (nSPS) is 14.3. The van der Waals surface area contributed by atoms with Crippen LogP contribution in [0.3, 0.4) is 0 Å². The Labute approximate surface area is 342 Å². The average Bonchev–Trinajstić information content (AvgIpc) is 3.15. The molecule has 0 amide bonds. The maximum atomic E-state index is 12.5. The minimum Gasteiger partial charge on any atom is -0.492 e. The summed E-state index contributed by atoms with van der Waals surface area (Å²) in [6.45, 7) is 4.62. The third-order valence-corrected chi connectivity index (χ3v) is 9.79. The first-order valence-electron chi connectivity index (χ1n) is 21.7. The van der Waals surface area contributed by atoms with Gasteiger partial charge in [-0.3, -0.25) is 18.6 Å². The van der Waals surface area contributed by atoms with Crippen molar-refractivity contribution in [2.45, 2.75) is 161 Å². The topological polar surface area (TPSA) is 108 Å².